The van der Waals surface area contributed by atoms with Gasteiger partial charge in [0.1, 0.15) is 6.10 Å². The van der Waals surface area contributed by atoms with Crippen LogP contribution in [-0.2, 0) is 14.3 Å². The summed E-state index contributed by atoms with van der Waals surface area (Å²) in [4.78, 5) is 23.8. The number of ether oxygens (including phenoxy) is 1. The normalized spacial score (nSPS) is 46.7. The second kappa shape index (κ2) is 3.56. The standard InChI is InChI=1S/C15H18O3/c1-8-6-12-10(9(2)14(17)18-12)7-15(3)11(8)4-5-13(15)16/h4-5,8,10-12H,2,6-7H2,1,3H3/t8-,10+,11+,12-,15+/m1/s1. The maximum absolute atomic E-state index is 12.2. The van der Waals surface area contributed by atoms with Gasteiger partial charge in [-0.2, -0.15) is 0 Å². The molecule has 0 aromatic heterocycles. The first-order chi connectivity index (χ1) is 8.43. The van der Waals surface area contributed by atoms with Crippen LogP contribution in [-0.4, -0.2) is 17.9 Å². The molecule has 0 aromatic carbocycles. The van der Waals surface area contributed by atoms with Crippen molar-refractivity contribution in [2.45, 2.75) is 32.8 Å². The number of fused-ring (bicyclic) bond motifs is 2. The van der Waals surface area contributed by atoms with Crippen molar-refractivity contribution in [2.75, 3.05) is 0 Å². The van der Waals surface area contributed by atoms with Gasteiger partial charge < -0.3 is 4.74 Å². The van der Waals surface area contributed by atoms with Crippen molar-refractivity contribution < 1.29 is 14.3 Å². The molecule has 3 aliphatic rings. The molecule has 3 heteroatoms. The SMILES string of the molecule is C=C1C(=O)O[C@@H]2C[C@@H](C)[C@@H]3C=CC(=O)[C@@]3(C)C[C@@H]12. The van der Waals surface area contributed by atoms with E-state index in [1.807, 2.05) is 13.0 Å². The van der Waals surface area contributed by atoms with Crippen molar-refractivity contribution in [3.05, 3.63) is 24.3 Å². The summed E-state index contributed by atoms with van der Waals surface area (Å²) in [7, 11) is 0. The van der Waals surface area contributed by atoms with E-state index < -0.39 is 0 Å². The van der Waals surface area contributed by atoms with Crippen molar-refractivity contribution in [2.24, 2.45) is 23.2 Å². The largest absolute Gasteiger partial charge is 0.458 e. The first-order valence-electron chi connectivity index (χ1n) is 6.56. The Morgan fingerprint density at radius 1 is 1.44 bits per heavy atom. The third-order valence-electron chi connectivity index (χ3n) is 5.03. The van der Waals surface area contributed by atoms with Crippen molar-refractivity contribution in [1.29, 1.82) is 0 Å². The maximum atomic E-state index is 12.2. The van der Waals surface area contributed by atoms with Crippen LogP contribution in [0.4, 0.5) is 0 Å². The lowest BCUT2D eigenvalue weighted by molar-refractivity contribution is -0.139. The summed E-state index contributed by atoms with van der Waals surface area (Å²) in [6.07, 6.45) is 5.18. The molecule has 0 bridgehead atoms. The van der Waals surface area contributed by atoms with Crippen molar-refractivity contribution in [1.82, 2.24) is 0 Å². The maximum Gasteiger partial charge on any atom is 0.334 e. The van der Waals surface area contributed by atoms with Gasteiger partial charge in [0.15, 0.2) is 5.78 Å². The molecule has 1 saturated heterocycles. The smallest absolute Gasteiger partial charge is 0.334 e. The van der Waals surface area contributed by atoms with E-state index in [1.54, 1.807) is 6.08 Å². The van der Waals surface area contributed by atoms with E-state index in [2.05, 4.69) is 13.5 Å². The average Bonchev–Trinajstić information content (AvgIpc) is 2.69. The summed E-state index contributed by atoms with van der Waals surface area (Å²) < 4.78 is 5.40. The van der Waals surface area contributed by atoms with Crippen LogP contribution < -0.4 is 0 Å². The predicted octanol–water partition coefficient (Wildman–Crippen LogP) is 2.28. The molecule has 0 amide bonds. The van der Waals surface area contributed by atoms with Gasteiger partial charge in [-0.1, -0.05) is 26.5 Å². The van der Waals surface area contributed by atoms with Gasteiger partial charge in [0.05, 0.1) is 0 Å². The molecule has 0 unspecified atom stereocenters. The molecule has 0 spiro atoms. The van der Waals surface area contributed by atoms with Crippen LogP contribution in [0.3, 0.4) is 0 Å². The molecule has 0 aromatic rings. The minimum Gasteiger partial charge on any atom is -0.458 e. The Morgan fingerprint density at radius 2 is 2.17 bits per heavy atom. The lowest BCUT2D eigenvalue weighted by atomic mass is 9.69. The number of esters is 1. The van der Waals surface area contributed by atoms with Gasteiger partial charge in [-0.3, -0.25) is 4.79 Å². The molecule has 0 radical (unpaired) electrons. The molecular formula is C15H18O3. The fourth-order valence-electron chi connectivity index (χ4n) is 3.92. The monoisotopic (exact) mass is 246 g/mol. The van der Waals surface area contributed by atoms with Crippen LogP contribution in [0.15, 0.2) is 24.3 Å². The number of rotatable bonds is 0. The quantitative estimate of drug-likeness (QED) is 0.486. The van der Waals surface area contributed by atoms with Crippen molar-refractivity contribution >= 4 is 11.8 Å². The Balaban J connectivity index is 2.00. The molecule has 1 saturated carbocycles. The van der Waals surface area contributed by atoms with E-state index in [1.165, 1.54) is 0 Å². The van der Waals surface area contributed by atoms with E-state index in [0.29, 0.717) is 17.9 Å². The van der Waals surface area contributed by atoms with Gasteiger partial charge in [0, 0.05) is 16.9 Å². The zero-order valence-electron chi connectivity index (χ0n) is 10.8. The highest BCUT2D eigenvalue weighted by Gasteiger charge is 2.53. The minimum absolute atomic E-state index is 0.0128. The lowest BCUT2D eigenvalue weighted by Crippen LogP contribution is -2.33. The number of allylic oxidation sites excluding steroid dienone is 2. The van der Waals surface area contributed by atoms with Crippen molar-refractivity contribution in [3.8, 4) is 0 Å². The van der Waals surface area contributed by atoms with Crippen LogP contribution in [0.5, 0.6) is 0 Å². The molecule has 3 nitrogen and oxygen atoms in total. The number of hydrogen-bond acceptors (Lipinski definition) is 3. The van der Waals surface area contributed by atoms with Crippen LogP contribution >= 0.6 is 0 Å². The van der Waals surface area contributed by atoms with Gasteiger partial charge in [0.25, 0.3) is 0 Å². The highest BCUT2D eigenvalue weighted by atomic mass is 16.6. The number of ketones is 1. The Morgan fingerprint density at radius 3 is 2.89 bits per heavy atom. The summed E-state index contributed by atoms with van der Waals surface area (Å²) >= 11 is 0. The zero-order valence-corrected chi connectivity index (χ0v) is 10.8. The van der Waals surface area contributed by atoms with Gasteiger partial charge in [-0.15, -0.1) is 0 Å². The number of hydrogen-bond donors (Lipinski definition) is 0. The molecule has 1 aliphatic heterocycles. The molecule has 2 aliphatic carbocycles. The molecule has 96 valence electrons. The van der Waals surface area contributed by atoms with Gasteiger partial charge in [-0.25, -0.2) is 4.79 Å². The first-order valence-corrected chi connectivity index (χ1v) is 6.56. The second-order valence-electron chi connectivity index (χ2n) is 6.16. The van der Waals surface area contributed by atoms with Gasteiger partial charge >= 0.3 is 5.97 Å². The average molecular weight is 246 g/mol. The van der Waals surface area contributed by atoms with Crippen LogP contribution in [0.2, 0.25) is 0 Å². The van der Waals surface area contributed by atoms with Gasteiger partial charge in [0.2, 0.25) is 0 Å². The Bertz CT molecular complexity index is 476. The van der Waals surface area contributed by atoms with Gasteiger partial charge in [-0.05, 0) is 30.8 Å². The third-order valence-corrected chi connectivity index (χ3v) is 5.03. The molecule has 18 heavy (non-hydrogen) atoms. The summed E-state index contributed by atoms with van der Waals surface area (Å²) in [6, 6.07) is 0. The summed E-state index contributed by atoms with van der Waals surface area (Å²) in [6.45, 7) is 8.02. The zero-order chi connectivity index (χ0) is 13.1. The number of carbonyl (C=O) groups is 2. The fraction of sp³-hybridized carbons (Fsp3) is 0.600. The fourth-order valence-corrected chi connectivity index (χ4v) is 3.92. The molecule has 2 fully saturated rings. The lowest BCUT2D eigenvalue weighted by Gasteiger charge is -2.32. The molecule has 1 heterocycles. The topological polar surface area (TPSA) is 43.4 Å². The van der Waals surface area contributed by atoms with Crippen LogP contribution in [0.1, 0.15) is 26.7 Å². The molecule has 0 N–H and O–H groups in total. The first kappa shape index (κ1) is 11.7. The van der Waals surface area contributed by atoms with Crippen LogP contribution in [0, 0.1) is 23.2 Å². The molecule has 3 rings (SSSR count). The summed E-state index contributed by atoms with van der Waals surface area (Å²) in [5.74, 6) is 0.539. The number of carbonyl (C=O) groups excluding carboxylic acids is 2. The van der Waals surface area contributed by atoms with E-state index in [4.69, 9.17) is 4.74 Å². The Labute approximate surface area is 107 Å². The van der Waals surface area contributed by atoms with Crippen LogP contribution in [0.25, 0.3) is 0 Å². The minimum atomic E-state index is -0.379. The van der Waals surface area contributed by atoms with E-state index in [-0.39, 0.29) is 35.1 Å². The van der Waals surface area contributed by atoms with E-state index in [9.17, 15) is 9.59 Å². The van der Waals surface area contributed by atoms with Crippen molar-refractivity contribution in [3.63, 3.8) is 0 Å². The summed E-state index contributed by atoms with van der Waals surface area (Å²) in [5.41, 5.74) is 0.171. The Hall–Kier alpha value is -1.38. The predicted molar refractivity (Wildman–Crippen MR) is 66.7 cm³/mol. The Kier molecular flexibility index (Phi) is 2.31. The highest BCUT2D eigenvalue weighted by molar-refractivity contribution is 5.98. The third kappa shape index (κ3) is 1.36. The molecule has 5 atom stereocenters. The highest BCUT2D eigenvalue weighted by Crippen LogP contribution is 2.52. The second-order valence-corrected chi connectivity index (χ2v) is 6.16. The molecular weight excluding hydrogens is 228 g/mol. The summed E-state index contributed by atoms with van der Waals surface area (Å²) in [5, 5.41) is 0. The van der Waals surface area contributed by atoms with E-state index >= 15 is 0 Å². The van der Waals surface area contributed by atoms with E-state index in [0.717, 1.165) is 6.42 Å².